The van der Waals surface area contributed by atoms with Crippen molar-refractivity contribution in [2.24, 2.45) is 11.1 Å². The zero-order valence-corrected chi connectivity index (χ0v) is 4.90. The molecule has 0 aliphatic carbocycles. The third-order valence-corrected chi connectivity index (χ3v) is 0.287. The van der Waals surface area contributed by atoms with Gasteiger partial charge in [0, 0.05) is 0 Å². The van der Waals surface area contributed by atoms with E-state index in [1.165, 1.54) is 5.34 Å². The Morgan fingerprint density at radius 3 is 2.22 bits per heavy atom. The maximum absolute atomic E-state index is 9.60. The van der Waals surface area contributed by atoms with Gasteiger partial charge in [-0.1, -0.05) is 0 Å². The van der Waals surface area contributed by atoms with Crippen LogP contribution >= 0.6 is 0 Å². The fourth-order valence-electron chi connectivity index (χ4n) is 0.142. The van der Waals surface area contributed by atoms with Crippen molar-refractivity contribution in [3.63, 3.8) is 0 Å². The van der Waals surface area contributed by atoms with E-state index in [2.05, 4.69) is 10.5 Å². The molecule has 0 aliphatic heterocycles. The van der Waals surface area contributed by atoms with Crippen LogP contribution in [0.2, 0.25) is 0 Å². The first-order valence-corrected chi connectivity index (χ1v) is 2.08. The summed E-state index contributed by atoms with van der Waals surface area (Å²) in [5, 5.41) is 7.89. The van der Waals surface area contributed by atoms with E-state index in [1.54, 1.807) is 6.92 Å². The number of nitrogens with zero attached hydrogens (tertiary/aromatic N) is 1. The summed E-state index contributed by atoms with van der Waals surface area (Å²) in [7, 11) is 0. The molecular weight excluding hydrogens is 128 g/mol. The third-order valence-electron chi connectivity index (χ3n) is 0.287. The zero-order chi connectivity index (χ0) is 7.70. The van der Waals surface area contributed by atoms with Gasteiger partial charge >= 0.3 is 6.09 Å². The Balaban J connectivity index is 0. The number of nitrogens with two attached hydrogens (primary N) is 1. The van der Waals surface area contributed by atoms with Crippen molar-refractivity contribution in [2.45, 2.75) is 6.92 Å². The number of amides is 1. The standard InChI is InChI=1S/C3H7NO2.HNO2/c1-2-6-3(4)5;2-1-3/h2H2,1H3,(H2,4,5);(H,2,3). The highest BCUT2D eigenvalue weighted by molar-refractivity contribution is 5.64. The number of carbonyl (C=O) groups excluding carboxylic acids is 1. The maximum Gasteiger partial charge on any atom is 0.404 e. The number of primary amides is 1. The van der Waals surface area contributed by atoms with Crippen LogP contribution in [0.1, 0.15) is 6.92 Å². The lowest BCUT2D eigenvalue weighted by molar-refractivity contribution is 0.163. The molecule has 0 aromatic rings. The Hall–Kier alpha value is -1.33. The van der Waals surface area contributed by atoms with E-state index in [4.69, 9.17) is 10.1 Å². The van der Waals surface area contributed by atoms with Gasteiger partial charge in [-0.05, 0) is 6.92 Å². The van der Waals surface area contributed by atoms with Crippen LogP contribution in [0.3, 0.4) is 0 Å². The largest absolute Gasteiger partial charge is 0.450 e. The first-order chi connectivity index (χ1) is 4.18. The van der Waals surface area contributed by atoms with E-state index >= 15 is 0 Å². The van der Waals surface area contributed by atoms with Gasteiger partial charge in [-0.2, -0.15) is 0 Å². The predicted octanol–water partition coefficient (Wildman–Crippen LogP) is 0.244. The van der Waals surface area contributed by atoms with Crippen LogP contribution in [-0.4, -0.2) is 17.9 Å². The Labute approximate surface area is 51.5 Å². The highest BCUT2D eigenvalue weighted by Gasteiger charge is 1.82. The Morgan fingerprint density at radius 2 is 2.22 bits per heavy atom. The minimum absolute atomic E-state index is 0.356. The van der Waals surface area contributed by atoms with Gasteiger partial charge in [-0.25, -0.2) is 4.79 Å². The lowest BCUT2D eigenvalue weighted by Crippen LogP contribution is -2.11. The van der Waals surface area contributed by atoms with Gasteiger partial charge in [0.2, 0.25) is 0 Å². The summed E-state index contributed by atoms with van der Waals surface area (Å²) in [6.07, 6.45) is -0.711. The molecular formula is C3H8N2O4. The molecule has 0 atom stereocenters. The summed E-state index contributed by atoms with van der Waals surface area (Å²) in [6.45, 7) is 2.06. The lowest BCUT2D eigenvalue weighted by Gasteiger charge is -1.89. The molecule has 3 N–H and O–H groups in total. The molecule has 0 saturated carbocycles. The zero-order valence-electron chi connectivity index (χ0n) is 4.90. The Bertz CT molecular complexity index is 83.9. The van der Waals surface area contributed by atoms with Crippen LogP contribution in [0, 0.1) is 4.91 Å². The maximum atomic E-state index is 9.60. The van der Waals surface area contributed by atoms with Crippen molar-refractivity contribution < 1.29 is 14.7 Å². The van der Waals surface area contributed by atoms with Crippen LogP contribution in [0.25, 0.3) is 0 Å². The molecule has 0 unspecified atom stereocenters. The second-order valence-corrected chi connectivity index (χ2v) is 0.834. The Kier molecular flexibility index (Phi) is 11.6. The molecule has 6 heteroatoms. The number of ether oxygens (including phenoxy) is 1. The van der Waals surface area contributed by atoms with Crippen molar-refractivity contribution in [3.05, 3.63) is 4.91 Å². The highest BCUT2D eigenvalue weighted by Crippen LogP contribution is 1.66. The van der Waals surface area contributed by atoms with Gasteiger partial charge in [-0.3, -0.25) is 0 Å². The van der Waals surface area contributed by atoms with Gasteiger partial charge in [0.25, 0.3) is 0 Å². The Morgan fingerprint density at radius 1 is 1.89 bits per heavy atom. The quantitative estimate of drug-likeness (QED) is 0.398. The summed E-state index contributed by atoms with van der Waals surface area (Å²) < 4.78 is 4.18. The van der Waals surface area contributed by atoms with Crippen molar-refractivity contribution in [1.82, 2.24) is 0 Å². The number of rotatable bonds is 1. The molecule has 0 aromatic heterocycles. The number of hydrogen-bond acceptors (Lipinski definition) is 4. The minimum atomic E-state index is -0.711. The van der Waals surface area contributed by atoms with Crippen LogP contribution < -0.4 is 5.73 Å². The van der Waals surface area contributed by atoms with Gasteiger partial charge in [-0.15, -0.1) is 4.91 Å². The molecule has 54 valence electrons. The molecule has 0 aliphatic rings. The van der Waals surface area contributed by atoms with Gasteiger partial charge < -0.3 is 15.7 Å². The molecule has 0 rings (SSSR count). The highest BCUT2D eigenvalue weighted by atomic mass is 16.6. The molecule has 1 amide bonds. The van der Waals surface area contributed by atoms with Gasteiger partial charge in [0.1, 0.15) is 0 Å². The number of carbonyl (C=O) groups is 1. The molecule has 0 bridgehead atoms. The summed E-state index contributed by atoms with van der Waals surface area (Å²) in [4.78, 5) is 17.7. The summed E-state index contributed by atoms with van der Waals surface area (Å²) in [5.74, 6) is 0. The van der Waals surface area contributed by atoms with E-state index in [-0.39, 0.29) is 0 Å². The lowest BCUT2D eigenvalue weighted by atomic mass is 10.9. The van der Waals surface area contributed by atoms with Crippen LogP contribution in [0.5, 0.6) is 0 Å². The molecule has 0 saturated heterocycles. The van der Waals surface area contributed by atoms with Crippen molar-refractivity contribution >= 4 is 6.09 Å². The molecule has 0 aromatic carbocycles. The van der Waals surface area contributed by atoms with Crippen LogP contribution in [0.15, 0.2) is 5.34 Å². The molecule has 0 radical (unpaired) electrons. The molecule has 0 fully saturated rings. The monoisotopic (exact) mass is 136 g/mol. The normalized spacial score (nSPS) is 6.33. The van der Waals surface area contributed by atoms with Gasteiger partial charge in [0.05, 0.1) is 6.61 Å². The summed E-state index contributed by atoms with van der Waals surface area (Å²) in [6, 6.07) is 0. The first kappa shape index (κ1) is 10.6. The second-order valence-electron chi connectivity index (χ2n) is 0.834. The van der Waals surface area contributed by atoms with Gasteiger partial charge in [0.15, 0.2) is 5.34 Å². The molecule has 9 heavy (non-hydrogen) atoms. The average Bonchev–Trinajstić information content (AvgIpc) is 1.67. The predicted molar refractivity (Wildman–Crippen MR) is 28.8 cm³/mol. The fourth-order valence-corrected chi connectivity index (χ4v) is 0.142. The topological polar surface area (TPSA) is 102 Å². The van der Waals surface area contributed by atoms with E-state index in [9.17, 15) is 4.79 Å². The van der Waals surface area contributed by atoms with E-state index < -0.39 is 6.09 Å². The van der Waals surface area contributed by atoms with E-state index in [0.29, 0.717) is 6.61 Å². The molecule has 6 nitrogen and oxygen atoms in total. The summed E-state index contributed by atoms with van der Waals surface area (Å²) >= 11 is 0. The fraction of sp³-hybridized carbons (Fsp3) is 0.667. The average molecular weight is 136 g/mol. The SMILES string of the molecule is CCOC(N)=O.O=NO. The number of hydrogen-bond donors (Lipinski definition) is 2. The van der Waals surface area contributed by atoms with Crippen molar-refractivity contribution in [3.8, 4) is 0 Å². The van der Waals surface area contributed by atoms with E-state index in [1.807, 2.05) is 0 Å². The third kappa shape index (κ3) is 52.2. The smallest absolute Gasteiger partial charge is 0.404 e. The van der Waals surface area contributed by atoms with Crippen molar-refractivity contribution in [2.75, 3.05) is 6.61 Å². The van der Waals surface area contributed by atoms with Crippen LogP contribution in [0.4, 0.5) is 4.79 Å². The van der Waals surface area contributed by atoms with Crippen LogP contribution in [-0.2, 0) is 4.74 Å². The molecule has 0 spiro atoms. The summed E-state index contributed by atoms with van der Waals surface area (Å²) in [5.41, 5.74) is 4.54. The molecule has 0 heterocycles. The van der Waals surface area contributed by atoms with Crippen molar-refractivity contribution in [1.29, 1.82) is 0 Å². The minimum Gasteiger partial charge on any atom is -0.450 e. The first-order valence-electron chi connectivity index (χ1n) is 2.08. The second kappa shape index (κ2) is 9.83. The van der Waals surface area contributed by atoms with E-state index in [0.717, 1.165) is 0 Å².